The maximum Gasteiger partial charge on any atom is 0.421 e. The lowest BCUT2D eigenvalue weighted by Gasteiger charge is -2.26. The first-order valence-electron chi connectivity index (χ1n) is 9.10. The van der Waals surface area contributed by atoms with E-state index in [1.807, 2.05) is 6.07 Å². The normalized spacial score (nSPS) is 14.6. The summed E-state index contributed by atoms with van der Waals surface area (Å²) in [7, 11) is 0. The fraction of sp³-hybridized carbons (Fsp3) is 0.190. The molecule has 11 heteroatoms. The highest BCUT2D eigenvalue weighted by Crippen LogP contribution is 2.41. The number of aliphatic hydroxyl groups is 1. The Bertz CT molecular complexity index is 1260. The third-order valence-corrected chi connectivity index (χ3v) is 6.52. The maximum absolute atomic E-state index is 13.3. The molecule has 0 aliphatic rings. The summed E-state index contributed by atoms with van der Waals surface area (Å²) in [6.07, 6.45) is -0.470. The molecular formula is C21H17Cl2F3N4OS. The first-order chi connectivity index (χ1) is 14.6. The van der Waals surface area contributed by atoms with Crippen LogP contribution in [0.15, 0.2) is 55.0 Å². The molecule has 32 heavy (non-hydrogen) atoms. The second-order valence-electron chi connectivity index (χ2n) is 7.07. The molecule has 0 bridgehead atoms. The number of alkyl halides is 3. The lowest BCUT2D eigenvalue weighted by molar-refractivity contribution is -0.258. The number of nitrogens with zero attached hydrogens (tertiary/aromatic N) is 3. The van der Waals surface area contributed by atoms with Crippen LogP contribution in [0.1, 0.15) is 29.1 Å². The number of halogens is 5. The highest BCUT2D eigenvalue weighted by atomic mass is 35.5. The maximum atomic E-state index is 13.3. The Hall–Kier alpha value is -2.30. The van der Waals surface area contributed by atoms with E-state index in [0.29, 0.717) is 28.0 Å². The van der Waals surface area contributed by atoms with Gasteiger partial charge in [-0.2, -0.15) is 13.2 Å². The summed E-state index contributed by atoms with van der Waals surface area (Å²) in [5.41, 5.74) is 4.16. The fourth-order valence-electron chi connectivity index (χ4n) is 3.11. The van der Waals surface area contributed by atoms with Gasteiger partial charge in [0, 0.05) is 23.5 Å². The van der Waals surface area contributed by atoms with E-state index in [0.717, 1.165) is 16.3 Å². The van der Waals surface area contributed by atoms with Crippen LogP contribution in [0.5, 0.6) is 0 Å². The Kier molecular flexibility index (Phi) is 6.78. The zero-order valence-electron chi connectivity index (χ0n) is 16.5. The van der Waals surface area contributed by atoms with Crippen LogP contribution in [0.3, 0.4) is 0 Å². The molecule has 0 saturated heterocycles. The van der Waals surface area contributed by atoms with Gasteiger partial charge in [0.25, 0.3) is 0 Å². The number of hydrogen-bond acceptors (Lipinski definition) is 6. The van der Waals surface area contributed by atoms with Crippen molar-refractivity contribution in [3.63, 3.8) is 0 Å². The lowest BCUT2D eigenvalue weighted by atomic mass is 9.95. The van der Waals surface area contributed by atoms with Gasteiger partial charge in [-0.05, 0) is 54.3 Å². The van der Waals surface area contributed by atoms with Crippen LogP contribution in [0.25, 0.3) is 21.5 Å². The lowest BCUT2D eigenvalue weighted by Crippen LogP contribution is -2.39. The SMILES string of the molecule is CC(O)(c1ccnc(-c2nccc3cc([C@H](N)c4ncccc4Cl)sc23)c1)C(F)(F)F.Cl. The number of aromatic nitrogens is 3. The van der Waals surface area contributed by atoms with Crippen molar-refractivity contribution in [3.8, 4) is 11.4 Å². The molecule has 0 fully saturated rings. The monoisotopic (exact) mass is 500 g/mol. The quantitative estimate of drug-likeness (QED) is 0.378. The standard InChI is InChI=1S/C21H16ClF3N4OS.ClH/c1-20(30,21(23,24)25)12-5-8-27-14(10-12)18-19-11(4-7-29-18)9-15(31-19)16(26)17-13(22)3-2-6-28-17;/h2-10,16,30H,26H2,1H3;1H/t16-,20?;/m0./s1. The van der Waals surface area contributed by atoms with E-state index in [1.54, 1.807) is 30.6 Å². The minimum Gasteiger partial charge on any atom is -0.376 e. The molecule has 168 valence electrons. The predicted molar refractivity (Wildman–Crippen MR) is 121 cm³/mol. The fourth-order valence-corrected chi connectivity index (χ4v) is 4.51. The van der Waals surface area contributed by atoms with Crippen LogP contribution < -0.4 is 5.73 Å². The molecule has 4 aromatic rings. The van der Waals surface area contributed by atoms with Crippen LogP contribution in [0.4, 0.5) is 13.2 Å². The van der Waals surface area contributed by atoms with Crippen molar-refractivity contribution in [2.24, 2.45) is 5.73 Å². The predicted octanol–water partition coefficient (Wildman–Crippen LogP) is 5.65. The summed E-state index contributed by atoms with van der Waals surface area (Å²) in [5, 5.41) is 11.3. The molecule has 0 aliphatic carbocycles. The Morgan fingerprint density at radius 1 is 1.06 bits per heavy atom. The zero-order chi connectivity index (χ0) is 22.4. The molecule has 1 unspecified atom stereocenters. The van der Waals surface area contributed by atoms with Gasteiger partial charge in [0.2, 0.25) is 0 Å². The molecule has 4 aromatic heterocycles. The topological polar surface area (TPSA) is 84.9 Å². The van der Waals surface area contributed by atoms with E-state index in [9.17, 15) is 18.3 Å². The van der Waals surface area contributed by atoms with Crippen LogP contribution in [0, 0.1) is 0 Å². The van der Waals surface area contributed by atoms with Crippen molar-refractivity contribution >= 4 is 45.4 Å². The molecule has 0 spiro atoms. The molecular weight excluding hydrogens is 484 g/mol. The number of hydrogen-bond donors (Lipinski definition) is 2. The first-order valence-corrected chi connectivity index (χ1v) is 10.3. The van der Waals surface area contributed by atoms with Gasteiger partial charge >= 0.3 is 6.18 Å². The van der Waals surface area contributed by atoms with Gasteiger partial charge in [-0.3, -0.25) is 15.0 Å². The molecule has 0 radical (unpaired) electrons. The second kappa shape index (κ2) is 8.92. The number of thiophene rings is 1. The van der Waals surface area contributed by atoms with Crippen LogP contribution in [-0.2, 0) is 5.60 Å². The van der Waals surface area contributed by atoms with Crippen molar-refractivity contribution in [1.29, 1.82) is 0 Å². The van der Waals surface area contributed by atoms with Gasteiger partial charge in [0.15, 0.2) is 5.60 Å². The van der Waals surface area contributed by atoms with E-state index < -0.39 is 17.8 Å². The number of nitrogens with two attached hydrogens (primary N) is 1. The van der Waals surface area contributed by atoms with Gasteiger partial charge in [-0.15, -0.1) is 23.7 Å². The van der Waals surface area contributed by atoms with Crippen molar-refractivity contribution in [3.05, 3.63) is 76.1 Å². The first kappa shape index (κ1) is 24.3. The van der Waals surface area contributed by atoms with Gasteiger partial charge in [-0.25, -0.2) is 0 Å². The third-order valence-electron chi connectivity index (χ3n) is 4.96. The minimum atomic E-state index is -4.84. The largest absolute Gasteiger partial charge is 0.421 e. The Morgan fingerprint density at radius 3 is 2.47 bits per heavy atom. The summed E-state index contributed by atoms with van der Waals surface area (Å²) in [6, 6.07) is 8.81. The highest BCUT2D eigenvalue weighted by molar-refractivity contribution is 7.19. The molecule has 0 saturated carbocycles. The second-order valence-corrected chi connectivity index (χ2v) is 8.57. The summed E-state index contributed by atoms with van der Waals surface area (Å²) >= 11 is 7.55. The summed E-state index contributed by atoms with van der Waals surface area (Å²) in [6.45, 7) is 0.707. The number of pyridine rings is 3. The van der Waals surface area contributed by atoms with Crippen molar-refractivity contribution in [1.82, 2.24) is 15.0 Å². The molecule has 2 atom stereocenters. The average Bonchev–Trinajstić information content (AvgIpc) is 3.17. The van der Waals surface area contributed by atoms with Crippen molar-refractivity contribution in [2.45, 2.75) is 24.7 Å². The summed E-state index contributed by atoms with van der Waals surface area (Å²) in [5.74, 6) is 0. The van der Waals surface area contributed by atoms with E-state index in [4.69, 9.17) is 17.3 Å². The zero-order valence-corrected chi connectivity index (χ0v) is 18.9. The van der Waals surface area contributed by atoms with Gasteiger partial charge < -0.3 is 10.8 Å². The molecule has 0 amide bonds. The van der Waals surface area contributed by atoms with Crippen molar-refractivity contribution < 1.29 is 18.3 Å². The Labute approximate surface area is 196 Å². The molecule has 5 nitrogen and oxygen atoms in total. The van der Waals surface area contributed by atoms with Crippen LogP contribution in [0.2, 0.25) is 5.02 Å². The Balaban J connectivity index is 0.00000289. The van der Waals surface area contributed by atoms with E-state index >= 15 is 0 Å². The van der Waals surface area contributed by atoms with E-state index in [1.165, 1.54) is 23.6 Å². The third kappa shape index (κ3) is 4.31. The molecule has 4 heterocycles. The molecule has 0 aromatic carbocycles. The minimum absolute atomic E-state index is 0. The Morgan fingerprint density at radius 2 is 1.78 bits per heavy atom. The molecule has 4 rings (SSSR count). The smallest absolute Gasteiger partial charge is 0.376 e. The van der Waals surface area contributed by atoms with Gasteiger partial charge in [-0.1, -0.05) is 11.6 Å². The molecule has 0 aliphatic heterocycles. The summed E-state index contributed by atoms with van der Waals surface area (Å²) in [4.78, 5) is 13.5. The van der Waals surface area contributed by atoms with Gasteiger partial charge in [0.1, 0.15) is 5.69 Å². The van der Waals surface area contributed by atoms with Crippen LogP contribution in [-0.4, -0.2) is 26.2 Å². The van der Waals surface area contributed by atoms with E-state index in [2.05, 4.69) is 15.0 Å². The van der Waals surface area contributed by atoms with Crippen molar-refractivity contribution in [2.75, 3.05) is 0 Å². The van der Waals surface area contributed by atoms with Crippen LogP contribution >= 0.6 is 35.3 Å². The van der Waals surface area contributed by atoms with Gasteiger partial charge in [0.05, 0.1) is 27.2 Å². The number of fused-ring (bicyclic) bond motifs is 1. The summed E-state index contributed by atoms with van der Waals surface area (Å²) < 4.78 is 40.5. The average molecular weight is 501 g/mol. The number of rotatable bonds is 4. The molecule has 3 N–H and O–H groups in total. The van der Waals surface area contributed by atoms with E-state index in [-0.39, 0.29) is 23.7 Å². The highest BCUT2D eigenvalue weighted by Gasteiger charge is 2.51.